The zero-order valence-electron chi connectivity index (χ0n) is 12.9. The minimum absolute atomic E-state index is 0. The van der Waals surface area contributed by atoms with Crippen molar-refractivity contribution in [3.05, 3.63) is 60.2 Å². The first-order valence-electron chi connectivity index (χ1n) is 7.92. The van der Waals surface area contributed by atoms with Crippen LogP contribution in [0.3, 0.4) is 0 Å². The van der Waals surface area contributed by atoms with Crippen molar-refractivity contribution < 1.29 is 0 Å². The lowest BCUT2D eigenvalue weighted by Crippen LogP contribution is -2.35. The molecule has 0 aromatic heterocycles. The molecule has 1 heterocycles. The van der Waals surface area contributed by atoms with Gasteiger partial charge in [-0.25, -0.2) is 0 Å². The van der Waals surface area contributed by atoms with Crippen LogP contribution in [-0.4, -0.2) is 24.5 Å². The van der Waals surface area contributed by atoms with Crippen LogP contribution in [0.2, 0.25) is 0 Å². The smallest absolute Gasteiger partial charge is 0.0233 e. The normalized spacial score (nSPS) is 16.2. The third-order valence-corrected chi connectivity index (χ3v) is 4.51. The summed E-state index contributed by atoms with van der Waals surface area (Å²) in [6, 6.07) is 19.5. The summed E-state index contributed by atoms with van der Waals surface area (Å²) in [4.78, 5) is 2.55. The second kappa shape index (κ2) is 8.33. The summed E-state index contributed by atoms with van der Waals surface area (Å²) in [5.41, 5.74) is 9.74. The fourth-order valence-electron chi connectivity index (χ4n) is 3.07. The Kier molecular flexibility index (Phi) is 6.44. The average molecular weight is 317 g/mol. The number of halogens is 1. The minimum Gasteiger partial charge on any atom is -0.330 e. The summed E-state index contributed by atoms with van der Waals surface area (Å²) in [5, 5.41) is 0. The number of rotatable bonds is 4. The zero-order valence-corrected chi connectivity index (χ0v) is 13.8. The van der Waals surface area contributed by atoms with E-state index in [1.165, 1.54) is 42.6 Å². The molecule has 0 atom stereocenters. The summed E-state index contributed by atoms with van der Waals surface area (Å²) in [5.74, 6) is 0.738. The SMILES string of the molecule is Cl.NCC1CCN(Cc2ccc(-c3ccccc3)cc2)CC1. The maximum absolute atomic E-state index is 5.75. The number of nitrogens with two attached hydrogens (primary N) is 1. The predicted molar refractivity (Wildman–Crippen MR) is 96.2 cm³/mol. The van der Waals surface area contributed by atoms with Crippen molar-refractivity contribution in [1.29, 1.82) is 0 Å². The van der Waals surface area contributed by atoms with E-state index in [1.807, 2.05) is 0 Å². The molecule has 1 aliphatic rings. The van der Waals surface area contributed by atoms with E-state index in [0.717, 1.165) is 19.0 Å². The second-order valence-corrected chi connectivity index (χ2v) is 6.02. The second-order valence-electron chi connectivity index (χ2n) is 6.02. The van der Waals surface area contributed by atoms with Crippen LogP contribution in [0.25, 0.3) is 11.1 Å². The molecule has 0 radical (unpaired) electrons. The van der Waals surface area contributed by atoms with E-state index in [4.69, 9.17) is 5.73 Å². The first-order valence-corrected chi connectivity index (χ1v) is 7.92. The van der Waals surface area contributed by atoms with Gasteiger partial charge in [0.2, 0.25) is 0 Å². The van der Waals surface area contributed by atoms with E-state index in [9.17, 15) is 0 Å². The first kappa shape index (κ1) is 17.0. The molecule has 0 unspecified atom stereocenters. The van der Waals surface area contributed by atoms with Crippen molar-refractivity contribution in [3.63, 3.8) is 0 Å². The van der Waals surface area contributed by atoms with Crippen molar-refractivity contribution in [2.75, 3.05) is 19.6 Å². The molecular formula is C19H25ClN2. The Hall–Kier alpha value is -1.35. The standard InChI is InChI=1S/C19H24N2.ClH/c20-14-16-10-12-21(13-11-16)15-17-6-8-19(9-7-17)18-4-2-1-3-5-18;/h1-9,16H,10-15,20H2;1H. The predicted octanol–water partition coefficient (Wildman–Crippen LogP) is 3.95. The van der Waals surface area contributed by atoms with Gasteiger partial charge in [0, 0.05) is 6.54 Å². The lowest BCUT2D eigenvalue weighted by atomic mass is 9.96. The molecule has 0 spiro atoms. The molecule has 0 bridgehead atoms. The van der Waals surface area contributed by atoms with Gasteiger partial charge in [-0.3, -0.25) is 4.90 Å². The molecule has 0 saturated carbocycles. The number of likely N-dealkylation sites (tertiary alicyclic amines) is 1. The molecule has 3 rings (SSSR count). The highest BCUT2D eigenvalue weighted by Gasteiger charge is 2.17. The number of hydrogen-bond donors (Lipinski definition) is 1. The molecule has 3 heteroatoms. The van der Waals surface area contributed by atoms with E-state index in [2.05, 4.69) is 59.5 Å². The zero-order chi connectivity index (χ0) is 14.5. The molecule has 1 saturated heterocycles. The van der Waals surface area contributed by atoms with Gasteiger partial charge >= 0.3 is 0 Å². The Balaban J connectivity index is 0.00000176. The highest BCUT2D eigenvalue weighted by Crippen LogP contribution is 2.21. The fourth-order valence-corrected chi connectivity index (χ4v) is 3.07. The van der Waals surface area contributed by atoms with Crippen LogP contribution in [0.15, 0.2) is 54.6 Å². The third kappa shape index (κ3) is 4.33. The van der Waals surface area contributed by atoms with Crippen LogP contribution >= 0.6 is 12.4 Å². The molecular weight excluding hydrogens is 292 g/mol. The van der Waals surface area contributed by atoms with E-state index in [0.29, 0.717) is 0 Å². The Labute approximate surface area is 139 Å². The topological polar surface area (TPSA) is 29.3 Å². The molecule has 118 valence electrons. The Morgan fingerprint density at radius 3 is 2.05 bits per heavy atom. The molecule has 22 heavy (non-hydrogen) atoms. The lowest BCUT2D eigenvalue weighted by molar-refractivity contribution is 0.180. The van der Waals surface area contributed by atoms with E-state index in [-0.39, 0.29) is 12.4 Å². The van der Waals surface area contributed by atoms with Crippen LogP contribution in [0, 0.1) is 5.92 Å². The molecule has 0 aliphatic carbocycles. The van der Waals surface area contributed by atoms with Gasteiger partial charge in [0.15, 0.2) is 0 Å². The highest BCUT2D eigenvalue weighted by atomic mass is 35.5. The lowest BCUT2D eigenvalue weighted by Gasteiger charge is -2.31. The fraction of sp³-hybridized carbons (Fsp3) is 0.368. The first-order chi connectivity index (χ1) is 10.3. The average Bonchev–Trinajstić information content (AvgIpc) is 2.57. The van der Waals surface area contributed by atoms with Crippen molar-refractivity contribution in [3.8, 4) is 11.1 Å². The molecule has 1 fully saturated rings. The van der Waals surface area contributed by atoms with Gasteiger partial charge < -0.3 is 5.73 Å². The molecule has 2 aromatic rings. The summed E-state index contributed by atoms with van der Waals surface area (Å²) in [6.45, 7) is 4.27. The van der Waals surface area contributed by atoms with Crippen molar-refractivity contribution in [2.24, 2.45) is 11.7 Å². The number of benzene rings is 2. The van der Waals surface area contributed by atoms with Crippen molar-refractivity contribution in [2.45, 2.75) is 19.4 Å². The van der Waals surface area contributed by atoms with Crippen LogP contribution < -0.4 is 5.73 Å². The largest absolute Gasteiger partial charge is 0.330 e. The van der Waals surface area contributed by atoms with Crippen LogP contribution in [0.1, 0.15) is 18.4 Å². The summed E-state index contributed by atoms with van der Waals surface area (Å²) < 4.78 is 0. The van der Waals surface area contributed by atoms with Gasteiger partial charge in [-0.1, -0.05) is 54.6 Å². The monoisotopic (exact) mass is 316 g/mol. The van der Waals surface area contributed by atoms with Gasteiger partial charge in [0.25, 0.3) is 0 Å². The maximum atomic E-state index is 5.75. The Bertz CT molecular complexity index is 545. The Morgan fingerprint density at radius 1 is 0.864 bits per heavy atom. The maximum Gasteiger partial charge on any atom is 0.0233 e. The number of nitrogens with zero attached hydrogens (tertiary/aromatic N) is 1. The van der Waals surface area contributed by atoms with Gasteiger partial charge in [-0.15, -0.1) is 12.4 Å². The van der Waals surface area contributed by atoms with Crippen LogP contribution in [0.5, 0.6) is 0 Å². The molecule has 2 nitrogen and oxygen atoms in total. The van der Waals surface area contributed by atoms with Crippen molar-refractivity contribution in [1.82, 2.24) is 4.90 Å². The quantitative estimate of drug-likeness (QED) is 0.925. The third-order valence-electron chi connectivity index (χ3n) is 4.51. The number of hydrogen-bond acceptors (Lipinski definition) is 2. The Morgan fingerprint density at radius 2 is 1.45 bits per heavy atom. The molecule has 0 amide bonds. The molecule has 2 aromatic carbocycles. The van der Waals surface area contributed by atoms with E-state index >= 15 is 0 Å². The van der Waals surface area contributed by atoms with Gasteiger partial charge in [-0.05, 0) is 55.1 Å². The molecule has 2 N–H and O–H groups in total. The minimum atomic E-state index is 0. The van der Waals surface area contributed by atoms with Gasteiger partial charge in [0.1, 0.15) is 0 Å². The molecule has 1 aliphatic heterocycles. The summed E-state index contributed by atoms with van der Waals surface area (Å²) in [6.07, 6.45) is 2.50. The van der Waals surface area contributed by atoms with E-state index in [1.54, 1.807) is 0 Å². The number of piperidine rings is 1. The van der Waals surface area contributed by atoms with Gasteiger partial charge in [-0.2, -0.15) is 0 Å². The van der Waals surface area contributed by atoms with Crippen molar-refractivity contribution >= 4 is 12.4 Å². The summed E-state index contributed by atoms with van der Waals surface area (Å²) in [7, 11) is 0. The summed E-state index contributed by atoms with van der Waals surface area (Å²) >= 11 is 0. The van der Waals surface area contributed by atoms with Crippen LogP contribution in [-0.2, 0) is 6.54 Å². The van der Waals surface area contributed by atoms with Crippen LogP contribution in [0.4, 0.5) is 0 Å². The van der Waals surface area contributed by atoms with E-state index < -0.39 is 0 Å². The van der Waals surface area contributed by atoms with Gasteiger partial charge in [0.05, 0.1) is 0 Å². The highest BCUT2D eigenvalue weighted by molar-refractivity contribution is 5.85.